The van der Waals surface area contributed by atoms with Gasteiger partial charge in [-0.1, -0.05) is 12.1 Å². The molecule has 0 amide bonds. The maximum Gasteiger partial charge on any atom is 0.104 e. The van der Waals surface area contributed by atoms with Crippen LogP contribution in [0.1, 0.15) is 5.56 Å². The Morgan fingerprint density at radius 1 is 1.25 bits per heavy atom. The Bertz CT molecular complexity index is 648. The van der Waals surface area contributed by atoms with Gasteiger partial charge in [0.1, 0.15) is 5.69 Å². The minimum atomic E-state index is 0.656. The number of fused-ring (bicyclic) bond motifs is 1. The van der Waals surface area contributed by atoms with E-state index in [0.29, 0.717) is 5.69 Å². The van der Waals surface area contributed by atoms with Gasteiger partial charge in [-0.2, -0.15) is 5.10 Å². The fraction of sp³-hybridized carbons (Fsp3) is 0.0833. The zero-order valence-electron chi connectivity index (χ0n) is 8.91. The summed E-state index contributed by atoms with van der Waals surface area (Å²) in [4.78, 5) is 3.33. The van der Waals surface area contributed by atoms with E-state index in [1.807, 2.05) is 0 Å². The van der Waals surface area contributed by atoms with Gasteiger partial charge in [0.25, 0.3) is 0 Å². The summed E-state index contributed by atoms with van der Waals surface area (Å²) in [5.41, 5.74) is 10.6. The molecule has 80 valence electrons. The molecule has 0 aliphatic carbocycles. The van der Waals surface area contributed by atoms with E-state index in [1.54, 1.807) is 6.20 Å². The van der Waals surface area contributed by atoms with Gasteiger partial charge in [0.05, 0.1) is 17.6 Å². The molecular weight excluding hydrogens is 200 g/mol. The van der Waals surface area contributed by atoms with Crippen LogP contribution in [0.5, 0.6) is 0 Å². The molecule has 0 spiro atoms. The van der Waals surface area contributed by atoms with Crippen molar-refractivity contribution in [2.75, 3.05) is 5.73 Å². The standard InChI is InChI=1S/C12H12N4/c1-7-2-3-8-5-11(15-10(8)4-7)12-9(13)6-14-16-12/h2-6,15H,13H2,1H3,(H,14,16). The second-order valence-electron chi connectivity index (χ2n) is 3.97. The van der Waals surface area contributed by atoms with Gasteiger partial charge in [0.15, 0.2) is 0 Å². The zero-order valence-corrected chi connectivity index (χ0v) is 8.91. The Balaban J connectivity index is 2.23. The van der Waals surface area contributed by atoms with Crippen molar-refractivity contribution in [2.45, 2.75) is 6.92 Å². The summed E-state index contributed by atoms with van der Waals surface area (Å²) >= 11 is 0. The van der Waals surface area contributed by atoms with Gasteiger partial charge in [0.2, 0.25) is 0 Å². The maximum atomic E-state index is 5.81. The van der Waals surface area contributed by atoms with Gasteiger partial charge in [-0.15, -0.1) is 0 Å². The van der Waals surface area contributed by atoms with Gasteiger partial charge in [0, 0.05) is 10.9 Å². The maximum absolute atomic E-state index is 5.81. The topological polar surface area (TPSA) is 70.5 Å². The average Bonchev–Trinajstić information content (AvgIpc) is 2.82. The predicted molar refractivity (Wildman–Crippen MR) is 65.0 cm³/mol. The van der Waals surface area contributed by atoms with E-state index in [0.717, 1.165) is 16.9 Å². The van der Waals surface area contributed by atoms with Crippen molar-refractivity contribution < 1.29 is 0 Å². The fourth-order valence-electron chi connectivity index (χ4n) is 1.89. The summed E-state index contributed by atoms with van der Waals surface area (Å²) < 4.78 is 0. The number of aromatic amines is 2. The lowest BCUT2D eigenvalue weighted by atomic mass is 10.2. The molecule has 4 N–H and O–H groups in total. The Morgan fingerprint density at radius 2 is 2.12 bits per heavy atom. The van der Waals surface area contributed by atoms with Crippen molar-refractivity contribution in [3.8, 4) is 11.4 Å². The molecule has 2 aromatic heterocycles. The highest BCUT2D eigenvalue weighted by Crippen LogP contribution is 2.26. The highest BCUT2D eigenvalue weighted by atomic mass is 15.1. The number of hydrogen-bond donors (Lipinski definition) is 3. The lowest BCUT2D eigenvalue weighted by Gasteiger charge is -1.93. The first-order valence-corrected chi connectivity index (χ1v) is 5.12. The Kier molecular flexibility index (Phi) is 1.77. The number of aryl methyl sites for hydroxylation is 1. The second kappa shape index (κ2) is 3.13. The summed E-state index contributed by atoms with van der Waals surface area (Å²) in [6.45, 7) is 2.07. The lowest BCUT2D eigenvalue weighted by molar-refractivity contribution is 1.09. The molecule has 4 nitrogen and oxygen atoms in total. The minimum absolute atomic E-state index is 0.656. The zero-order chi connectivity index (χ0) is 11.1. The van der Waals surface area contributed by atoms with Crippen LogP contribution < -0.4 is 5.73 Å². The van der Waals surface area contributed by atoms with Crippen molar-refractivity contribution in [3.05, 3.63) is 36.0 Å². The molecule has 3 rings (SSSR count). The fourth-order valence-corrected chi connectivity index (χ4v) is 1.89. The van der Waals surface area contributed by atoms with E-state index < -0.39 is 0 Å². The SMILES string of the molecule is Cc1ccc2cc(-c3[nH]ncc3N)[nH]c2c1. The molecule has 2 heterocycles. The Labute approximate surface area is 92.5 Å². The molecule has 3 aromatic rings. The third kappa shape index (κ3) is 1.27. The quantitative estimate of drug-likeness (QED) is 0.579. The first kappa shape index (κ1) is 9.03. The van der Waals surface area contributed by atoms with Gasteiger partial charge in [-0.3, -0.25) is 5.10 Å². The molecular formula is C12H12N4. The number of anilines is 1. The number of nitrogens with zero attached hydrogens (tertiary/aromatic N) is 1. The van der Waals surface area contributed by atoms with Crippen LogP contribution in [0.25, 0.3) is 22.3 Å². The summed E-state index contributed by atoms with van der Waals surface area (Å²) in [6, 6.07) is 8.37. The largest absolute Gasteiger partial charge is 0.396 e. The van der Waals surface area contributed by atoms with Crippen LogP contribution >= 0.6 is 0 Å². The van der Waals surface area contributed by atoms with Crippen LogP contribution in [0.3, 0.4) is 0 Å². The smallest absolute Gasteiger partial charge is 0.104 e. The molecule has 0 saturated heterocycles. The summed E-state index contributed by atoms with van der Waals surface area (Å²) in [5, 5.41) is 7.98. The molecule has 0 saturated carbocycles. The van der Waals surface area contributed by atoms with Crippen molar-refractivity contribution in [3.63, 3.8) is 0 Å². The summed E-state index contributed by atoms with van der Waals surface area (Å²) in [7, 11) is 0. The first-order chi connectivity index (χ1) is 7.74. The van der Waals surface area contributed by atoms with Crippen LogP contribution in [0.4, 0.5) is 5.69 Å². The number of nitrogens with one attached hydrogen (secondary N) is 2. The van der Waals surface area contributed by atoms with Crippen molar-refractivity contribution in [2.24, 2.45) is 0 Å². The van der Waals surface area contributed by atoms with E-state index in [-0.39, 0.29) is 0 Å². The summed E-state index contributed by atoms with van der Waals surface area (Å²) in [5.74, 6) is 0. The van der Waals surface area contributed by atoms with E-state index >= 15 is 0 Å². The lowest BCUT2D eigenvalue weighted by Crippen LogP contribution is -1.86. The predicted octanol–water partition coefficient (Wildman–Crippen LogP) is 2.45. The summed E-state index contributed by atoms with van der Waals surface area (Å²) in [6.07, 6.45) is 1.62. The molecule has 0 aliphatic rings. The third-order valence-electron chi connectivity index (χ3n) is 2.72. The number of benzene rings is 1. The van der Waals surface area contributed by atoms with E-state index in [9.17, 15) is 0 Å². The molecule has 16 heavy (non-hydrogen) atoms. The molecule has 0 bridgehead atoms. The van der Waals surface area contributed by atoms with Crippen molar-refractivity contribution in [1.29, 1.82) is 0 Å². The number of hydrogen-bond acceptors (Lipinski definition) is 2. The van der Waals surface area contributed by atoms with Crippen LogP contribution in [0.2, 0.25) is 0 Å². The Morgan fingerprint density at radius 3 is 2.88 bits per heavy atom. The first-order valence-electron chi connectivity index (χ1n) is 5.12. The van der Waals surface area contributed by atoms with Crippen molar-refractivity contribution in [1.82, 2.24) is 15.2 Å². The molecule has 4 heteroatoms. The van der Waals surface area contributed by atoms with E-state index in [1.165, 1.54) is 10.9 Å². The molecule has 0 fully saturated rings. The molecule has 0 aliphatic heterocycles. The average molecular weight is 212 g/mol. The van der Waals surface area contributed by atoms with Crippen LogP contribution in [0.15, 0.2) is 30.5 Å². The van der Waals surface area contributed by atoms with E-state index in [2.05, 4.69) is 46.4 Å². The highest BCUT2D eigenvalue weighted by Gasteiger charge is 2.07. The number of H-pyrrole nitrogens is 2. The number of rotatable bonds is 1. The molecule has 1 aromatic carbocycles. The van der Waals surface area contributed by atoms with Gasteiger partial charge < -0.3 is 10.7 Å². The minimum Gasteiger partial charge on any atom is -0.396 e. The molecule has 0 atom stereocenters. The highest BCUT2D eigenvalue weighted by molar-refractivity contribution is 5.87. The van der Waals surface area contributed by atoms with Crippen LogP contribution in [-0.2, 0) is 0 Å². The number of aromatic nitrogens is 3. The molecule has 0 unspecified atom stereocenters. The van der Waals surface area contributed by atoms with Crippen LogP contribution in [-0.4, -0.2) is 15.2 Å². The monoisotopic (exact) mass is 212 g/mol. The molecule has 0 radical (unpaired) electrons. The van der Waals surface area contributed by atoms with Crippen molar-refractivity contribution >= 4 is 16.6 Å². The number of nitrogen functional groups attached to an aromatic ring is 1. The second-order valence-corrected chi connectivity index (χ2v) is 3.97. The third-order valence-corrected chi connectivity index (χ3v) is 2.72. The van der Waals surface area contributed by atoms with Gasteiger partial charge in [-0.05, 0) is 24.6 Å². The Hall–Kier alpha value is -2.23. The van der Waals surface area contributed by atoms with E-state index in [4.69, 9.17) is 5.73 Å². The van der Waals surface area contributed by atoms with Crippen LogP contribution in [0, 0.1) is 6.92 Å². The van der Waals surface area contributed by atoms with Gasteiger partial charge in [-0.25, -0.2) is 0 Å². The normalized spacial score (nSPS) is 11.1. The van der Waals surface area contributed by atoms with Gasteiger partial charge >= 0.3 is 0 Å². The number of nitrogens with two attached hydrogens (primary N) is 1.